The van der Waals surface area contributed by atoms with E-state index in [2.05, 4.69) is 5.32 Å². The average molecular weight is 547 g/mol. The number of imide groups is 2. The number of hydrogen-bond donors (Lipinski definition) is 1. The van der Waals surface area contributed by atoms with E-state index in [4.69, 9.17) is 39.5 Å². The molecule has 9 nitrogen and oxygen atoms in total. The molecule has 3 aromatic carbocycles. The maximum Gasteiger partial charge on any atom is 0.335 e. The lowest BCUT2D eigenvalue weighted by Gasteiger charge is -2.26. The Bertz CT molecular complexity index is 1400. The molecule has 12 heteroatoms. The Balaban J connectivity index is 1.59. The second-order valence-corrected chi connectivity index (χ2v) is 8.71. The van der Waals surface area contributed by atoms with Crippen LogP contribution < -0.4 is 15.0 Å². The van der Waals surface area contributed by atoms with E-state index < -0.39 is 22.8 Å². The van der Waals surface area contributed by atoms with Gasteiger partial charge in [0.1, 0.15) is 12.2 Å². The lowest BCUT2D eigenvalue weighted by Crippen LogP contribution is -2.54. The number of nitro groups is 1. The fourth-order valence-electron chi connectivity index (χ4n) is 3.32. The molecule has 3 aromatic rings. The fraction of sp³-hybridized carbons (Fsp3) is 0.0417. The molecular formula is C24H14Cl3N3O6. The van der Waals surface area contributed by atoms with Crippen molar-refractivity contribution >= 4 is 70.1 Å². The number of hydrogen-bond acceptors (Lipinski definition) is 6. The first-order valence-corrected chi connectivity index (χ1v) is 11.3. The second-order valence-electron chi connectivity index (χ2n) is 7.46. The third-order valence-corrected chi connectivity index (χ3v) is 5.86. The Morgan fingerprint density at radius 3 is 2.14 bits per heavy atom. The molecule has 0 aliphatic carbocycles. The number of amides is 4. The summed E-state index contributed by atoms with van der Waals surface area (Å²) in [6.45, 7) is 0.171. The fourth-order valence-corrected chi connectivity index (χ4v) is 4.06. The van der Waals surface area contributed by atoms with Crippen molar-refractivity contribution in [2.45, 2.75) is 6.61 Å². The first-order chi connectivity index (χ1) is 17.1. The van der Waals surface area contributed by atoms with Crippen molar-refractivity contribution in [3.8, 4) is 5.75 Å². The highest BCUT2D eigenvalue weighted by molar-refractivity contribution is 6.40. The Morgan fingerprint density at radius 2 is 1.56 bits per heavy atom. The van der Waals surface area contributed by atoms with Gasteiger partial charge in [-0.3, -0.25) is 25.0 Å². The monoisotopic (exact) mass is 545 g/mol. The summed E-state index contributed by atoms with van der Waals surface area (Å²) in [5.74, 6) is -1.64. The van der Waals surface area contributed by atoms with Crippen molar-refractivity contribution in [1.82, 2.24) is 5.32 Å². The quantitative estimate of drug-likeness (QED) is 0.181. The molecule has 36 heavy (non-hydrogen) atoms. The third-order valence-electron chi connectivity index (χ3n) is 5.05. The summed E-state index contributed by atoms with van der Waals surface area (Å²) in [4.78, 5) is 48.8. The van der Waals surface area contributed by atoms with Gasteiger partial charge in [-0.2, -0.15) is 0 Å². The number of urea groups is 1. The molecule has 0 bridgehead atoms. The van der Waals surface area contributed by atoms with Gasteiger partial charge >= 0.3 is 6.03 Å². The largest absolute Gasteiger partial charge is 0.486 e. The number of carbonyl (C=O) groups excluding carboxylic acids is 3. The number of carbonyl (C=O) groups is 3. The van der Waals surface area contributed by atoms with E-state index in [0.29, 0.717) is 15.5 Å². The smallest absolute Gasteiger partial charge is 0.335 e. The van der Waals surface area contributed by atoms with Gasteiger partial charge in [-0.25, -0.2) is 9.69 Å². The van der Waals surface area contributed by atoms with Gasteiger partial charge in [0.05, 0.1) is 20.7 Å². The van der Waals surface area contributed by atoms with Crippen molar-refractivity contribution < 1.29 is 24.0 Å². The van der Waals surface area contributed by atoms with Crippen LogP contribution in [0.5, 0.6) is 5.75 Å². The molecule has 0 atom stereocenters. The van der Waals surface area contributed by atoms with Gasteiger partial charge < -0.3 is 4.74 Å². The predicted octanol–water partition coefficient (Wildman–Crippen LogP) is 5.80. The van der Waals surface area contributed by atoms with Gasteiger partial charge in [0.15, 0.2) is 5.75 Å². The van der Waals surface area contributed by atoms with Crippen LogP contribution in [0.4, 0.5) is 16.2 Å². The minimum atomic E-state index is -0.988. The molecule has 0 spiro atoms. The number of rotatable bonds is 6. The van der Waals surface area contributed by atoms with Crippen LogP contribution in [0.15, 0.2) is 66.2 Å². The molecule has 1 N–H and O–H groups in total. The number of benzene rings is 3. The lowest BCUT2D eigenvalue weighted by atomic mass is 10.1. The summed E-state index contributed by atoms with van der Waals surface area (Å²) in [7, 11) is 0. The number of halogens is 3. The maximum atomic E-state index is 13.0. The minimum absolute atomic E-state index is 0.0449. The van der Waals surface area contributed by atoms with E-state index in [-0.39, 0.29) is 39.3 Å². The van der Waals surface area contributed by atoms with Gasteiger partial charge in [0.2, 0.25) is 0 Å². The van der Waals surface area contributed by atoms with Crippen molar-refractivity contribution in [3.63, 3.8) is 0 Å². The molecule has 1 aliphatic heterocycles. The van der Waals surface area contributed by atoms with Gasteiger partial charge in [-0.1, -0.05) is 46.9 Å². The highest BCUT2D eigenvalue weighted by Gasteiger charge is 2.37. The lowest BCUT2D eigenvalue weighted by molar-refractivity contribution is -0.384. The number of barbiturate groups is 1. The van der Waals surface area contributed by atoms with Crippen LogP contribution in [0.25, 0.3) is 6.08 Å². The SMILES string of the molecule is O=C1NC(=O)N(c2ccc([N+](=O)[O-])cc2)C(=O)/C1=C/c1cc(Cl)c(OCc2ccc(Cl)cc2)c(Cl)c1. The second kappa shape index (κ2) is 10.4. The molecule has 182 valence electrons. The van der Waals surface area contributed by atoms with Gasteiger partial charge in [-0.05, 0) is 53.6 Å². The van der Waals surface area contributed by atoms with Crippen LogP contribution in [0.3, 0.4) is 0 Å². The van der Waals surface area contributed by atoms with E-state index >= 15 is 0 Å². The number of non-ortho nitro benzene ring substituents is 1. The zero-order chi connectivity index (χ0) is 26.0. The molecule has 4 amide bonds. The molecule has 1 heterocycles. The summed E-state index contributed by atoms with van der Waals surface area (Å²) < 4.78 is 5.72. The molecule has 0 saturated carbocycles. The summed E-state index contributed by atoms with van der Waals surface area (Å²) in [6.07, 6.45) is 1.23. The van der Waals surface area contributed by atoms with E-state index in [9.17, 15) is 24.5 Å². The van der Waals surface area contributed by atoms with E-state index in [1.165, 1.54) is 30.3 Å². The van der Waals surface area contributed by atoms with Crippen molar-refractivity contribution in [1.29, 1.82) is 0 Å². The third kappa shape index (κ3) is 5.33. The summed E-state index contributed by atoms with van der Waals surface area (Å²) >= 11 is 18.6. The molecule has 0 aromatic heterocycles. The van der Waals surface area contributed by atoms with Crippen LogP contribution in [-0.4, -0.2) is 22.8 Å². The minimum Gasteiger partial charge on any atom is -0.486 e. The Morgan fingerprint density at radius 1 is 0.944 bits per heavy atom. The highest BCUT2D eigenvalue weighted by Crippen LogP contribution is 2.36. The molecule has 0 unspecified atom stereocenters. The maximum absolute atomic E-state index is 13.0. The van der Waals surface area contributed by atoms with Gasteiger partial charge in [0, 0.05) is 17.2 Å². The number of nitrogens with one attached hydrogen (secondary N) is 1. The number of nitro benzene ring substituents is 1. The van der Waals surface area contributed by atoms with Crippen LogP contribution >= 0.6 is 34.8 Å². The first kappa shape index (κ1) is 25.2. The topological polar surface area (TPSA) is 119 Å². The van der Waals surface area contributed by atoms with Crippen LogP contribution in [0.1, 0.15) is 11.1 Å². The highest BCUT2D eigenvalue weighted by atomic mass is 35.5. The van der Waals surface area contributed by atoms with E-state index in [1.54, 1.807) is 24.3 Å². The van der Waals surface area contributed by atoms with E-state index in [0.717, 1.165) is 17.7 Å². The summed E-state index contributed by atoms with van der Waals surface area (Å²) in [5, 5.41) is 13.8. The molecule has 1 aliphatic rings. The Labute approximate surface area is 219 Å². The predicted molar refractivity (Wildman–Crippen MR) is 134 cm³/mol. The first-order valence-electron chi connectivity index (χ1n) is 10.2. The van der Waals surface area contributed by atoms with Gasteiger partial charge in [-0.15, -0.1) is 0 Å². The number of anilines is 1. The molecule has 1 saturated heterocycles. The van der Waals surface area contributed by atoms with Crippen molar-refractivity contribution in [3.05, 3.63) is 103 Å². The zero-order valence-corrected chi connectivity index (χ0v) is 20.3. The molecule has 4 rings (SSSR count). The normalized spacial score (nSPS) is 14.7. The van der Waals surface area contributed by atoms with Crippen molar-refractivity contribution in [2.24, 2.45) is 0 Å². The standard InChI is InChI=1S/C24H14Cl3N3O6/c25-15-3-1-13(2-4-15)12-36-21-19(26)10-14(11-20(21)27)9-18-22(31)28-24(33)29(23(18)32)16-5-7-17(8-6-16)30(34)35/h1-11H,12H2,(H,28,31,33)/b18-9+. The summed E-state index contributed by atoms with van der Waals surface area (Å²) in [5.41, 5.74) is 0.593. The zero-order valence-electron chi connectivity index (χ0n) is 18.0. The van der Waals surface area contributed by atoms with Crippen molar-refractivity contribution in [2.75, 3.05) is 4.90 Å². The van der Waals surface area contributed by atoms with Crippen LogP contribution in [0, 0.1) is 10.1 Å². The Kier molecular flexibility index (Phi) is 7.25. The average Bonchev–Trinajstić information content (AvgIpc) is 2.82. The van der Waals surface area contributed by atoms with Gasteiger partial charge in [0.25, 0.3) is 17.5 Å². The van der Waals surface area contributed by atoms with Crippen LogP contribution in [-0.2, 0) is 16.2 Å². The molecular weight excluding hydrogens is 533 g/mol. The summed E-state index contributed by atoms with van der Waals surface area (Å²) in [6, 6.07) is 13.6. The van der Waals surface area contributed by atoms with E-state index in [1.807, 2.05) is 0 Å². The van der Waals surface area contributed by atoms with Crippen LogP contribution in [0.2, 0.25) is 15.1 Å². The Hall–Kier alpha value is -3.92. The molecule has 1 fully saturated rings. The number of ether oxygens (including phenoxy) is 1. The number of nitrogens with zero attached hydrogens (tertiary/aromatic N) is 2. The molecule has 0 radical (unpaired) electrons.